The summed E-state index contributed by atoms with van der Waals surface area (Å²) < 4.78 is 19.8. The maximum Gasteiger partial charge on any atom is 0.325 e. The van der Waals surface area contributed by atoms with Crippen LogP contribution in [-0.2, 0) is 10.3 Å². The van der Waals surface area contributed by atoms with Crippen molar-refractivity contribution >= 4 is 27.9 Å². The van der Waals surface area contributed by atoms with Crippen LogP contribution in [0.1, 0.15) is 31.7 Å². The molecule has 0 aromatic heterocycles. The first-order valence-corrected chi connectivity index (χ1v) is 10.6. The van der Waals surface area contributed by atoms with E-state index in [2.05, 4.69) is 21.2 Å². The molecule has 0 radical (unpaired) electrons. The number of carbonyl (C=O) groups excluding carboxylic acids is 2. The lowest BCUT2D eigenvalue weighted by atomic mass is 9.84. The first kappa shape index (κ1) is 22.2. The molecule has 3 amide bonds. The Balaban J connectivity index is 1.72. The maximum absolute atomic E-state index is 13.4. The number of halogens is 2. The minimum atomic E-state index is -1.26. The molecule has 1 fully saturated rings. The molecule has 3 rings (SSSR count). The van der Waals surface area contributed by atoms with E-state index in [4.69, 9.17) is 4.74 Å². The predicted molar refractivity (Wildman–Crippen MR) is 113 cm³/mol. The number of carbonyl (C=O) groups is 2. The molecule has 2 unspecified atom stereocenters. The summed E-state index contributed by atoms with van der Waals surface area (Å²) in [5.41, 5.74) is -0.730. The Morgan fingerprint density at radius 1 is 1.17 bits per heavy atom. The second-order valence-electron chi connectivity index (χ2n) is 7.28. The lowest BCUT2D eigenvalue weighted by molar-refractivity contribution is -0.133. The SMILES string of the molecule is CCCCC1(c2ccc(F)cc2)NC(=O)N(CC(O)COc2ccc(Br)cc2)C1=O. The molecule has 2 atom stereocenters. The van der Waals surface area contributed by atoms with Gasteiger partial charge in [-0.1, -0.05) is 47.8 Å². The predicted octanol–water partition coefficient (Wildman–Crippen LogP) is 3.97. The van der Waals surface area contributed by atoms with E-state index < -0.39 is 29.4 Å². The maximum atomic E-state index is 13.4. The van der Waals surface area contributed by atoms with Crippen LogP contribution in [0, 0.1) is 5.82 Å². The average Bonchev–Trinajstić information content (AvgIpc) is 2.97. The van der Waals surface area contributed by atoms with Crippen LogP contribution in [0.5, 0.6) is 5.75 Å². The van der Waals surface area contributed by atoms with Crippen molar-refractivity contribution < 1.29 is 23.8 Å². The fourth-order valence-corrected chi connectivity index (χ4v) is 3.73. The third-order valence-electron chi connectivity index (χ3n) is 5.07. The van der Waals surface area contributed by atoms with Gasteiger partial charge in [0.2, 0.25) is 0 Å². The van der Waals surface area contributed by atoms with Gasteiger partial charge >= 0.3 is 6.03 Å². The summed E-state index contributed by atoms with van der Waals surface area (Å²) in [6.07, 6.45) is 0.864. The van der Waals surface area contributed by atoms with Crippen LogP contribution in [0.3, 0.4) is 0 Å². The lowest BCUT2D eigenvalue weighted by Gasteiger charge is -2.27. The Morgan fingerprint density at radius 2 is 1.83 bits per heavy atom. The fourth-order valence-electron chi connectivity index (χ4n) is 3.46. The van der Waals surface area contributed by atoms with Crippen molar-refractivity contribution in [3.63, 3.8) is 0 Å². The molecule has 2 N–H and O–H groups in total. The summed E-state index contributed by atoms with van der Waals surface area (Å²) in [4.78, 5) is 26.9. The molecule has 6 nitrogen and oxygen atoms in total. The molecule has 0 bridgehead atoms. The number of β-amino-alcohol motifs (C(OH)–C–C–N with tert-alkyl or cyclic N) is 1. The number of aliphatic hydroxyl groups excluding tert-OH is 1. The number of aliphatic hydroxyl groups is 1. The van der Waals surface area contributed by atoms with Crippen molar-refractivity contribution in [3.05, 3.63) is 64.4 Å². The Labute approximate surface area is 183 Å². The highest BCUT2D eigenvalue weighted by atomic mass is 79.9. The largest absolute Gasteiger partial charge is 0.491 e. The number of imide groups is 1. The van der Waals surface area contributed by atoms with Gasteiger partial charge in [-0.3, -0.25) is 9.69 Å². The third-order valence-corrected chi connectivity index (χ3v) is 5.60. The van der Waals surface area contributed by atoms with E-state index in [-0.39, 0.29) is 13.2 Å². The summed E-state index contributed by atoms with van der Waals surface area (Å²) >= 11 is 3.33. The Kier molecular flexibility index (Phi) is 7.10. The topological polar surface area (TPSA) is 78.9 Å². The Morgan fingerprint density at radius 3 is 2.47 bits per heavy atom. The van der Waals surface area contributed by atoms with Gasteiger partial charge < -0.3 is 15.2 Å². The summed E-state index contributed by atoms with van der Waals surface area (Å²) in [6.45, 7) is 1.72. The van der Waals surface area contributed by atoms with Gasteiger partial charge in [-0.25, -0.2) is 9.18 Å². The Hall–Kier alpha value is -2.45. The van der Waals surface area contributed by atoms with E-state index in [1.807, 2.05) is 19.1 Å². The van der Waals surface area contributed by atoms with Crippen LogP contribution in [0.4, 0.5) is 9.18 Å². The minimum Gasteiger partial charge on any atom is -0.491 e. The van der Waals surface area contributed by atoms with Gasteiger partial charge in [-0.05, 0) is 48.4 Å². The van der Waals surface area contributed by atoms with Crippen LogP contribution < -0.4 is 10.1 Å². The van der Waals surface area contributed by atoms with Gasteiger partial charge in [0.25, 0.3) is 5.91 Å². The van der Waals surface area contributed by atoms with Crippen molar-refractivity contribution in [2.45, 2.75) is 37.8 Å². The Bertz CT molecular complexity index is 891. The number of nitrogens with one attached hydrogen (secondary N) is 1. The first-order chi connectivity index (χ1) is 14.4. The van der Waals surface area contributed by atoms with Crippen LogP contribution in [0.2, 0.25) is 0 Å². The number of rotatable bonds is 9. The van der Waals surface area contributed by atoms with E-state index in [9.17, 15) is 19.1 Å². The number of hydrogen-bond donors (Lipinski definition) is 2. The van der Waals surface area contributed by atoms with E-state index in [1.165, 1.54) is 24.3 Å². The molecule has 1 aliphatic rings. The van der Waals surface area contributed by atoms with Gasteiger partial charge in [-0.15, -0.1) is 0 Å². The van der Waals surface area contributed by atoms with Gasteiger partial charge in [0.05, 0.1) is 6.54 Å². The minimum absolute atomic E-state index is 0.0722. The van der Waals surface area contributed by atoms with Crippen LogP contribution >= 0.6 is 15.9 Å². The second-order valence-corrected chi connectivity index (χ2v) is 8.20. The van der Waals surface area contributed by atoms with Crippen LogP contribution in [0.15, 0.2) is 53.0 Å². The van der Waals surface area contributed by atoms with Crippen LogP contribution in [-0.4, -0.2) is 41.2 Å². The molecule has 8 heteroatoms. The van der Waals surface area contributed by atoms with E-state index in [0.29, 0.717) is 24.2 Å². The van der Waals surface area contributed by atoms with Crippen LogP contribution in [0.25, 0.3) is 0 Å². The summed E-state index contributed by atoms with van der Waals surface area (Å²) in [6, 6.07) is 12.1. The average molecular weight is 479 g/mol. The van der Waals surface area contributed by atoms with E-state index in [1.54, 1.807) is 12.1 Å². The normalized spacial score (nSPS) is 19.7. The number of amides is 3. The molecule has 1 aliphatic heterocycles. The monoisotopic (exact) mass is 478 g/mol. The highest BCUT2D eigenvalue weighted by molar-refractivity contribution is 9.10. The van der Waals surface area contributed by atoms with E-state index in [0.717, 1.165) is 15.8 Å². The van der Waals surface area contributed by atoms with Gasteiger partial charge in [-0.2, -0.15) is 0 Å². The van der Waals surface area contributed by atoms with Crippen molar-refractivity contribution in [1.82, 2.24) is 10.2 Å². The van der Waals surface area contributed by atoms with Crippen molar-refractivity contribution in [2.24, 2.45) is 0 Å². The summed E-state index contributed by atoms with van der Waals surface area (Å²) in [5.74, 6) is -0.299. The molecule has 1 heterocycles. The highest BCUT2D eigenvalue weighted by Crippen LogP contribution is 2.34. The lowest BCUT2D eigenvalue weighted by Crippen LogP contribution is -2.45. The van der Waals surface area contributed by atoms with E-state index >= 15 is 0 Å². The fraction of sp³-hybridized carbons (Fsp3) is 0.364. The molecule has 2 aromatic rings. The summed E-state index contributed by atoms with van der Waals surface area (Å²) in [7, 11) is 0. The zero-order valence-corrected chi connectivity index (χ0v) is 18.2. The first-order valence-electron chi connectivity index (χ1n) is 9.82. The number of urea groups is 1. The molecule has 1 saturated heterocycles. The van der Waals surface area contributed by atoms with Gasteiger partial charge in [0, 0.05) is 4.47 Å². The van der Waals surface area contributed by atoms with Gasteiger partial charge in [0.15, 0.2) is 0 Å². The van der Waals surface area contributed by atoms with Crippen molar-refractivity contribution in [2.75, 3.05) is 13.2 Å². The van der Waals surface area contributed by atoms with Gasteiger partial charge in [0.1, 0.15) is 29.8 Å². The van der Waals surface area contributed by atoms with Crippen molar-refractivity contribution in [3.8, 4) is 5.75 Å². The number of nitrogens with zero attached hydrogens (tertiary/aromatic N) is 1. The molecule has 160 valence electrons. The molecule has 30 heavy (non-hydrogen) atoms. The standard InChI is InChI=1S/C22H24BrFN2O4/c1-2-3-12-22(15-4-8-17(24)9-5-15)20(28)26(21(29)25-22)13-18(27)14-30-19-10-6-16(23)7-11-19/h4-11,18,27H,2-3,12-14H2,1H3,(H,25,29). The molecular formula is C22H24BrFN2O4. The molecule has 0 saturated carbocycles. The molecule has 0 spiro atoms. The van der Waals surface area contributed by atoms with Crippen molar-refractivity contribution in [1.29, 1.82) is 0 Å². The number of ether oxygens (including phenoxy) is 1. The summed E-state index contributed by atoms with van der Waals surface area (Å²) in [5, 5.41) is 13.1. The number of unbranched alkanes of at least 4 members (excludes halogenated alkanes) is 1. The number of benzene rings is 2. The molecule has 0 aliphatic carbocycles. The second kappa shape index (κ2) is 9.57. The number of hydrogen-bond acceptors (Lipinski definition) is 4. The smallest absolute Gasteiger partial charge is 0.325 e. The molecular weight excluding hydrogens is 455 g/mol. The zero-order chi connectivity index (χ0) is 21.7. The zero-order valence-electron chi connectivity index (χ0n) is 16.6. The third kappa shape index (κ3) is 4.82. The molecule has 2 aromatic carbocycles. The highest BCUT2D eigenvalue weighted by Gasteiger charge is 2.52. The quantitative estimate of drug-likeness (QED) is 0.534.